The van der Waals surface area contributed by atoms with Gasteiger partial charge in [-0.1, -0.05) is 0 Å². The molecule has 0 aromatic heterocycles. The molecule has 2 rings (SSSR count). The van der Waals surface area contributed by atoms with E-state index in [2.05, 4.69) is 0 Å². The summed E-state index contributed by atoms with van der Waals surface area (Å²) in [4.78, 5) is 1.43. The minimum Gasteiger partial charge on any atom is -0.388 e. The molecule has 7 heteroatoms. The van der Waals surface area contributed by atoms with Gasteiger partial charge in [0.05, 0.1) is 16.2 Å². The van der Waals surface area contributed by atoms with Crippen LogP contribution in [0.3, 0.4) is 0 Å². The van der Waals surface area contributed by atoms with Crippen LogP contribution in [0.2, 0.25) is 0 Å². The Labute approximate surface area is 105 Å². The molecule has 1 aliphatic heterocycles. The van der Waals surface area contributed by atoms with Crippen molar-refractivity contribution in [1.82, 2.24) is 0 Å². The van der Waals surface area contributed by atoms with Crippen LogP contribution in [0.5, 0.6) is 0 Å². The van der Waals surface area contributed by atoms with Gasteiger partial charge in [-0.3, -0.25) is 0 Å². The fourth-order valence-electron chi connectivity index (χ4n) is 2.07. The van der Waals surface area contributed by atoms with E-state index in [1.807, 2.05) is 0 Å². The highest BCUT2D eigenvalue weighted by atomic mass is 32.2. The summed E-state index contributed by atoms with van der Waals surface area (Å²) in [5.41, 5.74) is -0.564. The number of β-amino-alcohol motifs (C(OH)–C–C–N with tert-alkyl or cyclic N) is 1. The van der Waals surface area contributed by atoms with Crippen LogP contribution < -0.4 is 10.0 Å². The monoisotopic (exact) mass is 274 g/mol. The maximum absolute atomic E-state index is 13.8. The Hall–Kier alpha value is -1.18. The van der Waals surface area contributed by atoms with E-state index in [0.29, 0.717) is 19.5 Å². The molecular formula is C11H15FN2O3S. The van der Waals surface area contributed by atoms with E-state index in [1.54, 1.807) is 11.8 Å². The van der Waals surface area contributed by atoms with Crippen LogP contribution in [0.4, 0.5) is 10.1 Å². The van der Waals surface area contributed by atoms with Crippen molar-refractivity contribution in [1.29, 1.82) is 0 Å². The van der Waals surface area contributed by atoms with Gasteiger partial charge in [0, 0.05) is 13.1 Å². The second kappa shape index (κ2) is 4.18. The Morgan fingerprint density at radius 3 is 2.61 bits per heavy atom. The van der Waals surface area contributed by atoms with Gasteiger partial charge in [0.15, 0.2) is 0 Å². The van der Waals surface area contributed by atoms with E-state index in [9.17, 15) is 17.9 Å². The van der Waals surface area contributed by atoms with Crippen molar-refractivity contribution >= 4 is 15.7 Å². The third-order valence-electron chi connectivity index (χ3n) is 3.04. The number of hydrogen-bond donors (Lipinski definition) is 2. The molecule has 3 N–H and O–H groups in total. The largest absolute Gasteiger partial charge is 0.388 e. The van der Waals surface area contributed by atoms with Gasteiger partial charge in [-0.05, 0) is 31.5 Å². The maximum Gasteiger partial charge on any atom is 0.238 e. The number of primary sulfonamides is 1. The van der Waals surface area contributed by atoms with Gasteiger partial charge in [-0.2, -0.15) is 0 Å². The van der Waals surface area contributed by atoms with Gasteiger partial charge in [-0.15, -0.1) is 0 Å². The van der Waals surface area contributed by atoms with Crippen LogP contribution in [-0.4, -0.2) is 32.2 Å². The zero-order chi connectivity index (χ0) is 13.6. The predicted molar refractivity (Wildman–Crippen MR) is 65.2 cm³/mol. The molecule has 1 aliphatic rings. The fourth-order valence-corrected chi connectivity index (χ4v) is 2.60. The molecule has 1 heterocycles. The molecular weight excluding hydrogens is 259 g/mol. The highest BCUT2D eigenvalue weighted by molar-refractivity contribution is 7.89. The normalized spacial score (nSPS) is 24.6. The molecule has 5 nitrogen and oxygen atoms in total. The van der Waals surface area contributed by atoms with E-state index in [4.69, 9.17) is 5.14 Å². The van der Waals surface area contributed by atoms with E-state index < -0.39 is 21.4 Å². The molecule has 0 amide bonds. The van der Waals surface area contributed by atoms with E-state index in [1.165, 1.54) is 12.1 Å². The molecule has 100 valence electrons. The van der Waals surface area contributed by atoms with Crippen LogP contribution in [0.1, 0.15) is 13.3 Å². The zero-order valence-electron chi connectivity index (χ0n) is 9.93. The van der Waals surface area contributed by atoms with Crippen LogP contribution in [0, 0.1) is 5.82 Å². The molecule has 1 unspecified atom stereocenters. The summed E-state index contributed by atoms with van der Waals surface area (Å²) in [6.45, 7) is 2.53. The quantitative estimate of drug-likeness (QED) is 0.819. The summed E-state index contributed by atoms with van der Waals surface area (Å²) in [5.74, 6) is -0.653. The molecule has 1 aromatic carbocycles. The van der Waals surface area contributed by atoms with Crippen LogP contribution in [0.25, 0.3) is 0 Å². The molecule has 18 heavy (non-hydrogen) atoms. The van der Waals surface area contributed by atoms with Crippen molar-refractivity contribution in [3.05, 3.63) is 24.0 Å². The van der Waals surface area contributed by atoms with Gasteiger partial charge < -0.3 is 10.0 Å². The average Bonchev–Trinajstić information content (AvgIpc) is 2.57. The van der Waals surface area contributed by atoms with Crippen molar-refractivity contribution in [2.75, 3.05) is 18.0 Å². The number of nitrogens with zero attached hydrogens (tertiary/aromatic N) is 1. The molecule has 0 saturated carbocycles. The van der Waals surface area contributed by atoms with Crippen LogP contribution in [-0.2, 0) is 10.0 Å². The lowest BCUT2D eigenvalue weighted by Gasteiger charge is -2.21. The Morgan fingerprint density at radius 1 is 1.50 bits per heavy atom. The molecule has 0 bridgehead atoms. The predicted octanol–water partition coefficient (Wildman–Crippen LogP) is 0.434. The number of rotatable bonds is 2. The van der Waals surface area contributed by atoms with Crippen LogP contribution in [0.15, 0.2) is 23.1 Å². The van der Waals surface area contributed by atoms with Crippen molar-refractivity contribution in [3.63, 3.8) is 0 Å². The first-order valence-corrected chi connectivity index (χ1v) is 7.03. The first kappa shape index (κ1) is 13.3. The Kier molecular flexibility index (Phi) is 3.08. The zero-order valence-corrected chi connectivity index (χ0v) is 10.7. The number of anilines is 1. The van der Waals surface area contributed by atoms with Crippen molar-refractivity contribution in [3.8, 4) is 0 Å². The van der Waals surface area contributed by atoms with Crippen molar-refractivity contribution in [2.45, 2.75) is 23.8 Å². The molecule has 1 aromatic rings. The van der Waals surface area contributed by atoms with Gasteiger partial charge in [0.1, 0.15) is 5.82 Å². The first-order valence-electron chi connectivity index (χ1n) is 5.49. The standard InChI is InChI=1S/C11H15FN2O3S/c1-11(15)4-5-14(7-11)10-3-2-8(6-9(10)12)18(13,16)17/h2-3,6,15H,4-5,7H2,1H3,(H2,13,16,17). The summed E-state index contributed by atoms with van der Waals surface area (Å²) in [6, 6.07) is 3.54. The number of benzene rings is 1. The molecule has 0 aliphatic carbocycles. The second-order valence-electron chi connectivity index (χ2n) is 4.83. The summed E-state index contributed by atoms with van der Waals surface area (Å²) in [7, 11) is -3.90. The maximum atomic E-state index is 13.8. The summed E-state index contributed by atoms with van der Waals surface area (Å²) in [5, 5.41) is 14.7. The summed E-state index contributed by atoms with van der Waals surface area (Å²) >= 11 is 0. The molecule has 1 atom stereocenters. The number of sulfonamides is 1. The van der Waals surface area contributed by atoms with Gasteiger partial charge >= 0.3 is 0 Å². The van der Waals surface area contributed by atoms with Crippen LogP contribution >= 0.6 is 0 Å². The minimum atomic E-state index is -3.90. The molecule has 0 radical (unpaired) electrons. The Bertz CT molecular complexity index is 572. The van der Waals surface area contributed by atoms with Crippen molar-refractivity contribution < 1.29 is 17.9 Å². The molecule has 1 saturated heterocycles. The van der Waals surface area contributed by atoms with Gasteiger partial charge in [0.25, 0.3) is 0 Å². The van der Waals surface area contributed by atoms with Gasteiger partial charge in [0.2, 0.25) is 10.0 Å². The Balaban J connectivity index is 2.32. The first-order chi connectivity index (χ1) is 8.19. The van der Waals surface area contributed by atoms with Gasteiger partial charge in [-0.25, -0.2) is 17.9 Å². The molecule has 0 spiro atoms. The molecule has 1 fully saturated rings. The lowest BCUT2D eigenvalue weighted by atomic mass is 10.1. The topological polar surface area (TPSA) is 83.6 Å². The lowest BCUT2D eigenvalue weighted by molar-refractivity contribution is 0.0839. The number of halogens is 1. The highest BCUT2D eigenvalue weighted by Gasteiger charge is 2.32. The lowest BCUT2D eigenvalue weighted by Crippen LogP contribution is -2.30. The van der Waals surface area contributed by atoms with E-state index in [-0.39, 0.29) is 10.6 Å². The van der Waals surface area contributed by atoms with E-state index >= 15 is 0 Å². The second-order valence-corrected chi connectivity index (χ2v) is 6.39. The third-order valence-corrected chi connectivity index (χ3v) is 3.95. The highest BCUT2D eigenvalue weighted by Crippen LogP contribution is 2.29. The minimum absolute atomic E-state index is 0.255. The summed E-state index contributed by atoms with van der Waals surface area (Å²) < 4.78 is 36.0. The van der Waals surface area contributed by atoms with Crippen molar-refractivity contribution in [2.24, 2.45) is 5.14 Å². The summed E-state index contributed by atoms with van der Waals surface area (Å²) in [6.07, 6.45) is 0.545. The number of aliphatic hydroxyl groups is 1. The smallest absolute Gasteiger partial charge is 0.238 e. The Morgan fingerprint density at radius 2 is 2.17 bits per heavy atom. The third kappa shape index (κ3) is 2.63. The average molecular weight is 274 g/mol. The SMILES string of the molecule is CC1(O)CCN(c2ccc(S(N)(=O)=O)cc2F)C1. The van der Waals surface area contributed by atoms with E-state index in [0.717, 1.165) is 6.07 Å². The number of nitrogens with two attached hydrogens (primary N) is 1. The number of hydrogen-bond acceptors (Lipinski definition) is 4. The fraction of sp³-hybridized carbons (Fsp3) is 0.455.